The van der Waals surface area contributed by atoms with E-state index in [1.54, 1.807) is 6.20 Å². The largest absolute Gasteiger partial charge is 0.376 e. The average Bonchev–Trinajstić information content (AvgIpc) is 2.74. The molecule has 0 saturated carbocycles. The molecule has 1 atom stereocenters. The highest BCUT2D eigenvalue weighted by Crippen LogP contribution is 2.22. The van der Waals surface area contributed by atoms with Crippen LogP contribution < -0.4 is 5.32 Å². The quantitative estimate of drug-likeness (QED) is 0.855. The molecule has 3 nitrogen and oxygen atoms in total. The standard InChI is InChI=1S/C11H12IN3/c1-8(10-6-7-13-15-10)14-11-5-3-2-4-9(11)12/h2-8,14H,1H3,(H,13,15). The summed E-state index contributed by atoms with van der Waals surface area (Å²) >= 11 is 2.32. The van der Waals surface area contributed by atoms with E-state index in [-0.39, 0.29) is 6.04 Å². The smallest absolute Gasteiger partial charge is 0.0651 e. The van der Waals surface area contributed by atoms with E-state index in [1.807, 2.05) is 18.2 Å². The van der Waals surface area contributed by atoms with E-state index in [0.29, 0.717) is 0 Å². The minimum absolute atomic E-state index is 0.239. The van der Waals surface area contributed by atoms with E-state index < -0.39 is 0 Å². The maximum Gasteiger partial charge on any atom is 0.0651 e. The van der Waals surface area contributed by atoms with Crippen molar-refractivity contribution in [3.8, 4) is 0 Å². The van der Waals surface area contributed by atoms with Crippen molar-refractivity contribution in [2.24, 2.45) is 0 Å². The van der Waals surface area contributed by atoms with Crippen molar-refractivity contribution < 1.29 is 0 Å². The minimum Gasteiger partial charge on any atom is -0.376 e. The zero-order valence-electron chi connectivity index (χ0n) is 8.37. The highest BCUT2D eigenvalue weighted by Gasteiger charge is 2.07. The van der Waals surface area contributed by atoms with Crippen molar-refractivity contribution in [3.63, 3.8) is 0 Å². The number of H-pyrrole nitrogens is 1. The lowest BCUT2D eigenvalue weighted by Gasteiger charge is -2.14. The Labute approximate surface area is 102 Å². The first-order chi connectivity index (χ1) is 7.27. The van der Waals surface area contributed by atoms with Crippen LogP contribution in [0.1, 0.15) is 18.7 Å². The molecule has 0 radical (unpaired) electrons. The zero-order chi connectivity index (χ0) is 10.7. The third-order valence-electron chi connectivity index (χ3n) is 2.23. The number of nitrogens with one attached hydrogen (secondary N) is 2. The van der Waals surface area contributed by atoms with E-state index in [9.17, 15) is 0 Å². The molecule has 0 fully saturated rings. The Morgan fingerprint density at radius 3 is 2.80 bits per heavy atom. The van der Waals surface area contributed by atoms with Gasteiger partial charge in [-0.05, 0) is 47.7 Å². The molecule has 1 unspecified atom stereocenters. The Balaban J connectivity index is 2.13. The van der Waals surface area contributed by atoms with Crippen LogP contribution in [0.2, 0.25) is 0 Å². The molecular formula is C11H12IN3. The van der Waals surface area contributed by atoms with Crippen LogP contribution in [-0.2, 0) is 0 Å². The zero-order valence-corrected chi connectivity index (χ0v) is 10.5. The number of aromatic nitrogens is 2. The summed E-state index contributed by atoms with van der Waals surface area (Å²) in [6.07, 6.45) is 1.77. The third-order valence-corrected chi connectivity index (χ3v) is 3.18. The lowest BCUT2D eigenvalue weighted by molar-refractivity contribution is 0.825. The van der Waals surface area contributed by atoms with Gasteiger partial charge < -0.3 is 5.32 Å². The summed E-state index contributed by atoms with van der Waals surface area (Å²) in [4.78, 5) is 0. The summed E-state index contributed by atoms with van der Waals surface area (Å²) in [7, 11) is 0. The van der Waals surface area contributed by atoms with Crippen molar-refractivity contribution in [2.75, 3.05) is 5.32 Å². The van der Waals surface area contributed by atoms with Gasteiger partial charge in [-0.1, -0.05) is 12.1 Å². The third kappa shape index (κ3) is 2.50. The Hall–Kier alpha value is -1.04. The van der Waals surface area contributed by atoms with Crippen molar-refractivity contribution in [2.45, 2.75) is 13.0 Å². The fourth-order valence-electron chi connectivity index (χ4n) is 1.40. The van der Waals surface area contributed by atoms with Crippen LogP contribution in [0, 0.1) is 3.57 Å². The summed E-state index contributed by atoms with van der Waals surface area (Å²) in [6.45, 7) is 2.11. The number of hydrogen-bond acceptors (Lipinski definition) is 2. The molecule has 0 spiro atoms. The van der Waals surface area contributed by atoms with Crippen LogP contribution >= 0.6 is 22.6 Å². The number of benzene rings is 1. The minimum atomic E-state index is 0.239. The van der Waals surface area contributed by atoms with Crippen molar-refractivity contribution in [1.29, 1.82) is 0 Å². The van der Waals surface area contributed by atoms with Crippen LogP contribution in [0.3, 0.4) is 0 Å². The van der Waals surface area contributed by atoms with Gasteiger partial charge in [0.2, 0.25) is 0 Å². The Morgan fingerprint density at radius 2 is 2.13 bits per heavy atom. The highest BCUT2D eigenvalue weighted by molar-refractivity contribution is 14.1. The van der Waals surface area contributed by atoms with Crippen LogP contribution in [-0.4, -0.2) is 10.2 Å². The van der Waals surface area contributed by atoms with Gasteiger partial charge in [0.25, 0.3) is 0 Å². The second-order valence-corrected chi connectivity index (χ2v) is 4.52. The fourth-order valence-corrected chi connectivity index (χ4v) is 1.94. The molecule has 0 aliphatic rings. The number of anilines is 1. The molecule has 4 heteroatoms. The monoisotopic (exact) mass is 313 g/mol. The number of aromatic amines is 1. The van der Waals surface area contributed by atoms with Crippen LogP contribution in [0.25, 0.3) is 0 Å². The fraction of sp³-hybridized carbons (Fsp3) is 0.182. The van der Waals surface area contributed by atoms with E-state index >= 15 is 0 Å². The second kappa shape index (κ2) is 4.65. The summed E-state index contributed by atoms with van der Waals surface area (Å²) in [5.41, 5.74) is 2.25. The maximum absolute atomic E-state index is 3.94. The van der Waals surface area contributed by atoms with E-state index in [1.165, 1.54) is 3.57 Å². The summed E-state index contributed by atoms with van der Waals surface area (Å²) in [5.74, 6) is 0. The molecule has 0 saturated heterocycles. The maximum atomic E-state index is 3.94. The van der Waals surface area contributed by atoms with Gasteiger partial charge in [0, 0.05) is 15.5 Å². The second-order valence-electron chi connectivity index (χ2n) is 3.36. The van der Waals surface area contributed by atoms with Crippen LogP contribution in [0.15, 0.2) is 36.5 Å². The average molecular weight is 313 g/mol. The lowest BCUT2D eigenvalue weighted by Crippen LogP contribution is -2.07. The SMILES string of the molecule is CC(Nc1ccccc1I)c1ccn[nH]1. The molecule has 0 bridgehead atoms. The van der Waals surface area contributed by atoms with Gasteiger partial charge in [-0.25, -0.2) is 0 Å². The number of para-hydroxylation sites is 1. The van der Waals surface area contributed by atoms with Gasteiger partial charge in [-0.15, -0.1) is 0 Å². The van der Waals surface area contributed by atoms with Crippen molar-refractivity contribution in [1.82, 2.24) is 10.2 Å². The van der Waals surface area contributed by atoms with Gasteiger partial charge in [0.1, 0.15) is 0 Å². The molecule has 0 aliphatic heterocycles. The van der Waals surface area contributed by atoms with Crippen molar-refractivity contribution in [3.05, 3.63) is 45.8 Å². The molecule has 2 rings (SSSR count). The summed E-state index contributed by atoms with van der Waals surface area (Å²) in [6, 6.07) is 10.5. The molecular weight excluding hydrogens is 301 g/mol. The van der Waals surface area contributed by atoms with Crippen LogP contribution in [0.4, 0.5) is 5.69 Å². The van der Waals surface area contributed by atoms with E-state index in [4.69, 9.17) is 0 Å². The summed E-state index contributed by atoms with van der Waals surface area (Å²) < 4.78 is 1.22. The van der Waals surface area contributed by atoms with Gasteiger partial charge in [0.05, 0.1) is 11.7 Å². The highest BCUT2D eigenvalue weighted by atomic mass is 127. The van der Waals surface area contributed by atoms with E-state index in [0.717, 1.165) is 11.4 Å². The molecule has 15 heavy (non-hydrogen) atoms. The van der Waals surface area contributed by atoms with Gasteiger partial charge in [-0.2, -0.15) is 5.10 Å². The predicted octanol–water partition coefficient (Wildman–Crippen LogP) is 3.19. The molecule has 0 amide bonds. The molecule has 1 heterocycles. The Kier molecular flexibility index (Phi) is 3.25. The first-order valence-corrected chi connectivity index (χ1v) is 5.85. The van der Waals surface area contributed by atoms with Crippen LogP contribution in [0.5, 0.6) is 0 Å². The number of hydrogen-bond donors (Lipinski definition) is 2. The first kappa shape index (κ1) is 10.5. The normalized spacial score (nSPS) is 12.4. The first-order valence-electron chi connectivity index (χ1n) is 4.77. The number of rotatable bonds is 3. The van der Waals surface area contributed by atoms with Gasteiger partial charge >= 0.3 is 0 Å². The Morgan fingerprint density at radius 1 is 1.33 bits per heavy atom. The predicted molar refractivity (Wildman–Crippen MR) is 69.8 cm³/mol. The molecule has 2 aromatic rings. The summed E-state index contributed by atoms with van der Waals surface area (Å²) in [5, 5.41) is 10.3. The van der Waals surface area contributed by atoms with E-state index in [2.05, 4.69) is 57.2 Å². The number of nitrogens with zero attached hydrogens (tertiary/aromatic N) is 1. The number of halogens is 1. The molecule has 2 N–H and O–H groups in total. The molecule has 1 aromatic carbocycles. The molecule has 1 aromatic heterocycles. The lowest BCUT2D eigenvalue weighted by atomic mass is 10.2. The van der Waals surface area contributed by atoms with Crippen molar-refractivity contribution >= 4 is 28.3 Å². The molecule has 0 aliphatic carbocycles. The van der Waals surface area contributed by atoms with Gasteiger partial charge in [-0.3, -0.25) is 5.10 Å². The Bertz CT molecular complexity index is 425. The topological polar surface area (TPSA) is 40.7 Å². The van der Waals surface area contributed by atoms with Gasteiger partial charge in [0.15, 0.2) is 0 Å². The molecule has 78 valence electrons.